The van der Waals surface area contributed by atoms with Crippen LogP contribution in [0.5, 0.6) is 0 Å². The molecule has 2 aliphatic rings. The van der Waals surface area contributed by atoms with Gasteiger partial charge in [-0.2, -0.15) is 0 Å². The zero-order valence-corrected chi connectivity index (χ0v) is 16.4. The summed E-state index contributed by atoms with van der Waals surface area (Å²) in [5.74, 6) is 0.0679. The predicted molar refractivity (Wildman–Crippen MR) is 106 cm³/mol. The Kier molecular flexibility index (Phi) is 5.41. The first-order valence-corrected chi connectivity index (χ1v) is 10.5. The molecule has 1 atom stereocenters. The quantitative estimate of drug-likeness (QED) is 0.836. The van der Waals surface area contributed by atoms with Crippen LogP contribution in [-0.2, 0) is 9.59 Å². The van der Waals surface area contributed by atoms with Crippen molar-refractivity contribution in [2.24, 2.45) is 5.92 Å². The van der Waals surface area contributed by atoms with E-state index in [0.29, 0.717) is 28.1 Å². The van der Waals surface area contributed by atoms with Gasteiger partial charge in [0.25, 0.3) is 0 Å². The van der Waals surface area contributed by atoms with Crippen molar-refractivity contribution in [1.82, 2.24) is 15.1 Å². The highest BCUT2D eigenvalue weighted by molar-refractivity contribution is 7.18. The number of carbonyl (C=O) groups excluding carboxylic acids is 2. The SMILES string of the molecule is O=C(Nc1nnc(-c2ccc(Cl)cc2)s1)C1CCCN1C(=O)C1CCCC1. The lowest BCUT2D eigenvalue weighted by atomic mass is 10.1. The van der Waals surface area contributed by atoms with E-state index in [9.17, 15) is 9.59 Å². The molecule has 0 bridgehead atoms. The molecule has 6 nitrogen and oxygen atoms in total. The fourth-order valence-electron chi connectivity index (χ4n) is 3.88. The van der Waals surface area contributed by atoms with Crippen LogP contribution in [-0.4, -0.2) is 39.5 Å². The van der Waals surface area contributed by atoms with Crippen LogP contribution in [0, 0.1) is 5.92 Å². The molecule has 1 aromatic heterocycles. The summed E-state index contributed by atoms with van der Waals surface area (Å²) in [6.07, 6.45) is 5.68. The maximum absolute atomic E-state index is 12.8. The maximum Gasteiger partial charge on any atom is 0.249 e. The van der Waals surface area contributed by atoms with E-state index in [1.54, 1.807) is 17.0 Å². The van der Waals surface area contributed by atoms with E-state index >= 15 is 0 Å². The van der Waals surface area contributed by atoms with Crippen molar-refractivity contribution in [1.29, 1.82) is 0 Å². The first-order chi connectivity index (χ1) is 13.1. The fraction of sp³-hybridized carbons (Fsp3) is 0.474. The number of likely N-dealkylation sites (tertiary alicyclic amines) is 1. The number of benzene rings is 1. The van der Waals surface area contributed by atoms with Gasteiger partial charge in [0.2, 0.25) is 16.9 Å². The average molecular weight is 405 g/mol. The number of aromatic nitrogens is 2. The Morgan fingerprint density at radius 3 is 2.56 bits per heavy atom. The lowest BCUT2D eigenvalue weighted by Crippen LogP contribution is -2.45. The van der Waals surface area contributed by atoms with Crippen LogP contribution in [0.1, 0.15) is 38.5 Å². The van der Waals surface area contributed by atoms with Crippen LogP contribution in [0.2, 0.25) is 5.02 Å². The third-order valence-corrected chi connectivity index (χ3v) is 6.43. The number of hydrogen-bond acceptors (Lipinski definition) is 5. The highest BCUT2D eigenvalue weighted by Gasteiger charge is 2.38. The number of carbonyl (C=O) groups is 2. The minimum atomic E-state index is -0.402. The van der Waals surface area contributed by atoms with E-state index in [1.807, 2.05) is 12.1 Å². The number of nitrogens with one attached hydrogen (secondary N) is 1. The van der Waals surface area contributed by atoms with Crippen LogP contribution in [0.25, 0.3) is 10.6 Å². The van der Waals surface area contributed by atoms with E-state index in [4.69, 9.17) is 11.6 Å². The molecule has 27 heavy (non-hydrogen) atoms. The molecule has 1 saturated carbocycles. The number of amides is 2. The minimum absolute atomic E-state index is 0.0939. The van der Waals surface area contributed by atoms with Gasteiger partial charge < -0.3 is 4.90 Å². The maximum atomic E-state index is 12.8. The summed E-state index contributed by atoms with van der Waals surface area (Å²) in [4.78, 5) is 27.3. The highest BCUT2D eigenvalue weighted by Crippen LogP contribution is 2.31. The van der Waals surface area contributed by atoms with Gasteiger partial charge in [-0.3, -0.25) is 14.9 Å². The van der Waals surface area contributed by atoms with Gasteiger partial charge in [0.1, 0.15) is 11.0 Å². The van der Waals surface area contributed by atoms with Gasteiger partial charge in [-0.25, -0.2) is 0 Å². The summed E-state index contributed by atoms with van der Waals surface area (Å²) in [6.45, 7) is 0.666. The van der Waals surface area contributed by atoms with Gasteiger partial charge in [0.15, 0.2) is 0 Å². The molecule has 1 N–H and O–H groups in total. The molecule has 1 aliphatic heterocycles. The second kappa shape index (κ2) is 7.94. The number of halogens is 1. The number of anilines is 1. The van der Waals surface area contributed by atoms with Gasteiger partial charge >= 0.3 is 0 Å². The van der Waals surface area contributed by atoms with E-state index in [1.165, 1.54) is 11.3 Å². The molecule has 1 aromatic carbocycles. The molecule has 1 unspecified atom stereocenters. The molecule has 8 heteroatoms. The Hall–Kier alpha value is -1.99. The highest BCUT2D eigenvalue weighted by atomic mass is 35.5. The summed E-state index contributed by atoms with van der Waals surface area (Å²) in [7, 11) is 0. The number of nitrogens with zero attached hydrogens (tertiary/aromatic N) is 3. The molecule has 0 spiro atoms. The average Bonchev–Trinajstić information content (AvgIpc) is 3.42. The van der Waals surface area contributed by atoms with Gasteiger partial charge in [0.05, 0.1) is 0 Å². The van der Waals surface area contributed by atoms with Crippen LogP contribution < -0.4 is 5.32 Å². The summed E-state index contributed by atoms with van der Waals surface area (Å²) < 4.78 is 0. The van der Waals surface area contributed by atoms with Crippen molar-refractivity contribution in [3.05, 3.63) is 29.3 Å². The van der Waals surface area contributed by atoms with Crippen LogP contribution >= 0.6 is 22.9 Å². The Morgan fingerprint density at radius 1 is 1.07 bits per heavy atom. The van der Waals surface area contributed by atoms with Crippen LogP contribution in [0.3, 0.4) is 0 Å². The zero-order valence-electron chi connectivity index (χ0n) is 14.9. The van der Waals surface area contributed by atoms with Crippen molar-refractivity contribution in [3.8, 4) is 10.6 Å². The van der Waals surface area contributed by atoms with Crippen LogP contribution in [0.15, 0.2) is 24.3 Å². The third-order valence-electron chi connectivity index (χ3n) is 5.29. The second-order valence-corrected chi connectivity index (χ2v) is 8.49. The smallest absolute Gasteiger partial charge is 0.249 e. The van der Waals surface area contributed by atoms with Crippen molar-refractivity contribution >= 4 is 39.9 Å². The monoisotopic (exact) mass is 404 g/mol. The molecular weight excluding hydrogens is 384 g/mol. The second-order valence-electron chi connectivity index (χ2n) is 7.08. The normalized spacial score (nSPS) is 20.2. The molecular formula is C19H21ClN4O2S. The van der Waals surface area contributed by atoms with Crippen molar-refractivity contribution in [2.75, 3.05) is 11.9 Å². The summed E-state index contributed by atoms with van der Waals surface area (Å²) in [5.41, 5.74) is 0.899. The Morgan fingerprint density at radius 2 is 1.81 bits per heavy atom. The summed E-state index contributed by atoms with van der Waals surface area (Å²) in [5, 5.41) is 12.9. The third kappa shape index (κ3) is 3.99. The topological polar surface area (TPSA) is 75.2 Å². The van der Waals surface area contributed by atoms with E-state index in [-0.39, 0.29) is 17.7 Å². The van der Waals surface area contributed by atoms with Gasteiger partial charge in [-0.15, -0.1) is 10.2 Å². The largest absolute Gasteiger partial charge is 0.330 e. The van der Waals surface area contributed by atoms with E-state index in [2.05, 4.69) is 15.5 Å². The number of hydrogen-bond donors (Lipinski definition) is 1. The standard InChI is InChI=1S/C19H21ClN4O2S/c20-14-9-7-12(8-10-14)17-22-23-19(27-17)21-16(25)15-6-3-11-24(15)18(26)13-4-1-2-5-13/h7-10,13,15H,1-6,11H2,(H,21,23,25). The van der Waals surface area contributed by atoms with Gasteiger partial charge in [0, 0.05) is 23.0 Å². The van der Waals surface area contributed by atoms with E-state index in [0.717, 1.165) is 37.7 Å². The molecule has 2 aromatic rings. The van der Waals surface area contributed by atoms with Gasteiger partial charge in [-0.05, 0) is 37.8 Å². The molecule has 0 radical (unpaired) electrons. The Labute approximate surface area is 166 Å². The number of rotatable bonds is 4. The lowest BCUT2D eigenvalue weighted by Gasteiger charge is -2.26. The van der Waals surface area contributed by atoms with Gasteiger partial charge in [-0.1, -0.05) is 47.9 Å². The molecule has 2 amide bonds. The Balaban J connectivity index is 1.42. The molecule has 142 valence electrons. The first-order valence-electron chi connectivity index (χ1n) is 9.32. The molecule has 2 fully saturated rings. The minimum Gasteiger partial charge on any atom is -0.330 e. The lowest BCUT2D eigenvalue weighted by molar-refractivity contribution is -0.140. The van der Waals surface area contributed by atoms with Crippen LogP contribution in [0.4, 0.5) is 5.13 Å². The fourth-order valence-corrected chi connectivity index (χ4v) is 4.76. The first kappa shape index (κ1) is 18.4. The van der Waals surface area contributed by atoms with Crippen molar-refractivity contribution in [3.63, 3.8) is 0 Å². The molecule has 1 aliphatic carbocycles. The summed E-state index contributed by atoms with van der Waals surface area (Å²) >= 11 is 7.22. The van der Waals surface area contributed by atoms with Crippen molar-refractivity contribution in [2.45, 2.75) is 44.6 Å². The van der Waals surface area contributed by atoms with Crippen molar-refractivity contribution < 1.29 is 9.59 Å². The zero-order chi connectivity index (χ0) is 18.8. The molecule has 2 heterocycles. The summed E-state index contributed by atoms with van der Waals surface area (Å²) in [6, 6.07) is 6.92. The Bertz CT molecular complexity index is 832. The van der Waals surface area contributed by atoms with E-state index < -0.39 is 6.04 Å². The molecule has 1 saturated heterocycles. The predicted octanol–water partition coefficient (Wildman–Crippen LogP) is 3.98. The molecule has 4 rings (SSSR count).